The Balaban J connectivity index is 2.58. The van der Waals surface area contributed by atoms with Gasteiger partial charge < -0.3 is 0 Å². The molecule has 0 aliphatic rings. The van der Waals surface area contributed by atoms with Crippen LogP contribution in [0.4, 0.5) is 13.2 Å². The summed E-state index contributed by atoms with van der Waals surface area (Å²) in [6, 6.07) is 4.80. The predicted molar refractivity (Wildman–Crippen MR) is 53.9 cm³/mol. The van der Waals surface area contributed by atoms with E-state index in [-0.39, 0.29) is 10.5 Å². The molecule has 0 radical (unpaired) electrons. The SMILES string of the molecule is FC(F)(F)c1c(Cl)c2cccc3ncc1n32. The first-order valence-electron chi connectivity index (χ1n) is 4.44. The second-order valence-electron chi connectivity index (χ2n) is 3.43. The molecule has 0 unspecified atom stereocenters. The maximum Gasteiger partial charge on any atom is 0.420 e. The lowest BCUT2D eigenvalue weighted by atomic mass is 10.2. The maximum atomic E-state index is 12.8. The van der Waals surface area contributed by atoms with Crippen molar-refractivity contribution in [3.05, 3.63) is 35.0 Å². The lowest BCUT2D eigenvalue weighted by Crippen LogP contribution is -2.04. The molecular weight excluding hydrogens is 241 g/mol. The largest absolute Gasteiger partial charge is 0.420 e. The monoisotopic (exact) mass is 244 g/mol. The van der Waals surface area contributed by atoms with E-state index < -0.39 is 11.7 Å². The zero-order valence-corrected chi connectivity index (χ0v) is 8.47. The van der Waals surface area contributed by atoms with Gasteiger partial charge >= 0.3 is 6.18 Å². The fraction of sp³-hybridized carbons (Fsp3) is 0.100. The Morgan fingerprint density at radius 2 is 1.94 bits per heavy atom. The topological polar surface area (TPSA) is 17.3 Å². The first-order valence-corrected chi connectivity index (χ1v) is 4.82. The van der Waals surface area contributed by atoms with E-state index in [1.54, 1.807) is 18.2 Å². The summed E-state index contributed by atoms with van der Waals surface area (Å²) in [7, 11) is 0. The molecule has 0 aromatic carbocycles. The minimum atomic E-state index is -4.47. The Morgan fingerprint density at radius 1 is 1.19 bits per heavy atom. The molecule has 3 aromatic rings. The molecule has 0 N–H and O–H groups in total. The summed E-state index contributed by atoms with van der Waals surface area (Å²) in [6.07, 6.45) is -3.27. The summed E-state index contributed by atoms with van der Waals surface area (Å²) in [5.41, 5.74) is -0.0186. The van der Waals surface area contributed by atoms with Crippen LogP contribution in [0.1, 0.15) is 5.56 Å². The van der Waals surface area contributed by atoms with Gasteiger partial charge in [-0.25, -0.2) is 4.98 Å². The van der Waals surface area contributed by atoms with Gasteiger partial charge in [-0.15, -0.1) is 0 Å². The van der Waals surface area contributed by atoms with E-state index in [9.17, 15) is 13.2 Å². The van der Waals surface area contributed by atoms with E-state index >= 15 is 0 Å². The van der Waals surface area contributed by atoms with Gasteiger partial charge in [0, 0.05) is 0 Å². The number of imidazole rings is 1. The molecule has 3 aromatic heterocycles. The Morgan fingerprint density at radius 3 is 2.62 bits per heavy atom. The fourth-order valence-electron chi connectivity index (χ4n) is 1.89. The molecule has 6 heteroatoms. The fourth-order valence-corrected chi connectivity index (χ4v) is 2.25. The number of rotatable bonds is 0. The molecule has 0 aliphatic heterocycles. The van der Waals surface area contributed by atoms with Crippen molar-refractivity contribution in [1.29, 1.82) is 0 Å². The van der Waals surface area contributed by atoms with Crippen molar-refractivity contribution in [2.24, 2.45) is 0 Å². The molecule has 0 amide bonds. The third kappa shape index (κ3) is 1.06. The van der Waals surface area contributed by atoms with Gasteiger partial charge in [0.25, 0.3) is 0 Å². The van der Waals surface area contributed by atoms with Crippen LogP contribution in [-0.4, -0.2) is 9.38 Å². The first-order chi connectivity index (χ1) is 7.50. The molecule has 0 fully saturated rings. The van der Waals surface area contributed by atoms with Crippen molar-refractivity contribution < 1.29 is 13.2 Å². The number of hydrogen-bond donors (Lipinski definition) is 0. The lowest BCUT2D eigenvalue weighted by Gasteiger charge is -2.03. The minimum absolute atomic E-state index is 0.00287. The second kappa shape index (κ2) is 2.79. The molecule has 0 aliphatic carbocycles. The van der Waals surface area contributed by atoms with Gasteiger partial charge in [-0.2, -0.15) is 13.2 Å². The van der Waals surface area contributed by atoms with E-state index in [1.807, 2.05) is 0 Å². The predicted octanol–water partition coefficient (Wildman–Crippen LogP) is 3.60. The smallest absolute Gasteiger partial charge is 0.291 e. The average molecular weight is 245 g/mol. The summed E-state index contributed by atoms with van der Waals surface area (Å²) in [5.74, 6) is 0. The van der Waals surface area contributed by atoms with Crippen molar-refractivity contribution >= 4 is 28.3 Å². The number of halogens is 4. The van der Waals surface area contributed by atoms with Crippen molar-refractivity contribution in [3.8, 4) is 0 Å². The van der Waals surface area contributed by atoms with Crippen LogP contribution in [0, 0.1) is 0 Å². The molecule has 3 rings (SSSR count). The van der Waals surface area contributed by atoms with Gasteiger partial charge in [0.05, 0.1) is 22.3 Å². The number of aromatic nitrogens is 2. The highest BCUT2D eigenvalue weighted by molar-refractivity contribution is 6.35. The third-order valence-electron chi connectivity index (χ3n) is 2.51. The number of alkyl halides is 3. The number of pyridine rings is 1. The molecule has 0 saturated carbocycles. The van der Waals surface area contributed by atoms with E-state index in [4.69, 9.17) is 11.6 Å². The number of hydrogen-bond acceptors (Lipinski definition) is 1. The van der Waals surface area contributed by atoms with Crippen LogP contribution in [-0.2, 0) is 6.18 Å². The first kappa shape index (κ1) is 9.72. The molecule has 0 atom stereocenters. The van der Waals surface area contributed by atoms with E-state index in [1.165, 1.54) is 10.6 Å². The van der Waals surface area contributed by atoms with Crippen molar-refractivity contribution in [3.63, 3.8) is 0 Å². The minimum Gasteiger partial charge on any atom is -0.291 e. The molecule has 82 valence electrons. The molecular formula is C10H4ClF3N2. The molecule has 0 bridgehead atoms. The Kier molecular flexibility index (Phi) is 1.70. The lowest BCUT2D eigenvalue weighted by molar-refractivity contribution is -0.136. The highest BCUT2D eigenvalue weighted by Crippen LogP contribution is 2.42. The normalized spacial score (nSPS) is 13.0. The third-order valence-corrected chi connectivity index (χ3v) is 2.90. The summed E-state index contributed by atoms with van der Waals surface area (Å²) in [5, 5.41) is -0.268. The van der Waals surface area contributed by atoms with Crippen LogP contribution < -0.4 is 0 Å². The van der Waals surface area contributed by atoms with Crippen molar-refractivity contribution in [2.45, 2.75) is 6.18 Å². The summed E-state index contributed by atoms with van der Waals surface area (Å²) in [6.45, 7) is 0. The molecule has 2 nitrogen and oxygen atoms in total. The van der Waals surface area contributed by atoms with Crippen LogP contribution in [0.3, 0.4) is 0 Å². The second-order valence-corrected chi connectivity index (χ2v) is 3.81. The summed E-state index contributed by atoms with van der Waals surface area (Å²) >= 11 is 5.75. The van der Waals surface area contributed by atoms with E-state index in [0.29, 0.717) is 11.2 Å². The summed E-state index contributed by atoms with van der Waals surface area (Å²) < 4.78 is 39.8. The van der Waals surface area contributed by atoms with Gasteiger partial charge in [0.1, 0.15) is 11.2 Å². The van der Waals surface area contributed by atoms with Crippen LogP contribution in [0.25, 0.3) is 16.7 Å². The quantitative estimate of drug-likeness (QED) is 0.591. The zero-order chi connectivity index (χ0) is 11.5. The van der Waals surface area contributed by atoms with E-state index in [0.717, 1.165) is 0 Å². The molecule has 16 heavy (non-hydrogen) atoms. The Bertz CT molecular complexity index is 671. The molecule has 3 heterocycles. The van der Waals surface area contributed by atoms with Crippen LogP contribution in [0.5, 0.6) is 0 Å². The van der Waals surface area contributed by atoms with Crippen molar-refractivity contribution in [2.75, 3.05) is 0 Å². The van der Waals surface area contributed by atoms with E-state index in [2.05, 4.69) is 4.98 Å². The Hall–Kier alpha value is -1.49. The maximum absolute atomic E-state index is 12.8. The zero-order valence-electron chi connectivity index (χ0n) is 7.72. The highest BCUT2D eigenvalue weighted by atomic mass is 35.5. The van der Waals surface area contributed by atoms with Crippen LogP contribution in [0.2, 0.25) is 5.02 Å². The Labute approximate surface area is 92.6 Å². The highest BCUT2D eigenvalue weighted by Gasteiger charge is 2.38. The molecule has 0 saturated heterocycles. The summed E-state index contributed by atoms with van der Waals surface area (Å²) in [4.78, 5) is 3.90. The van der Waals surface area contributed by atoms with Gasteiger partial charge in [-0.1, -0.05) is 17.7 Å². The van der Waals surface area contributed by atoms with Crippen molar-refractivity contribution in [1.82, 2.24) is 9.38 Å². The van der Waals surface area contributed by atoms with Crippen LogP contribution >= 0.6 is 11.6 Å². The average Bonchev–Trinajstić information content (AvgIpc) is 2.71. The number of nitrogens with zero attached hydrogens (tertiary/aromatic N) is 2. The van der Waals surface area contributed by atoms with Crippen LogP contribution in [0.15, 0.2) is 24.4 Å². The standard InChI is InChI=1S/C10H4ClF3N2/c11-9-5-2-1-3-7-15-4-6(16(5)7)8(9)10(12,13)14/h1-4H. The van der Waals surface area contributed by atoms with Gasteiger partial charge in [-0.05, 0) is 12.1 Å². The van der Waals surface area contributed by atoms with Gasteiger partial charge in [0.15, 0.2) is 0 Å². The van der Waals surface area contributed by atoms with Gasteiger partial charge in [0.2, 0.25) is 0 Å². The van der Waals surface area contributed by atoms with Gasteiger partial charge in [-0.3, -0.25) is 4.40 Å². The molecule has 0 spiro atoms.